The first-order valence-electron chi connectivity index (χ1n) is 6.72. The van der Waals surface area contributed by atoms with Crippen molar-refractivity contribution in [2.75, 3.05) is 11.9 Å². The van der Waals surface area contributed by atoms with Gasteiger partial charge in [0.25, 0.3) is 5.78 Å². The maximum Gasteiger partial charge on any atom is 0.257 e. The molecule has 2 aromatic carbocycles. The summed E-state index contributed by atoms with van der Waals surface area (Å²) in [5.41, 5.74) is 2.13. The maximum atomic E-state index is 4.65. The van der Waals surface area contributed by atoms with Gasteiger partial charge in [-0.25, -0.2) is 0 Å². The molecule has 5 nitrogen and oxygen atoms in total. The van der Waals surface area contributed by atoms with Gasteiger partial charge in [-0.15, -0.1) is 10.2 Å². The van der Waals surface area contributed by atoms with Crippen LogP contribution in [0, 0.1) is 0 Å². The fourth-order valence-corrected chi connectivity index (χ4v) is 2.53. The molecule has 0 saturated carbocycles. The predicted molar refractivity (Wildman–Crippen MR) is 82.8 cm³/mol. The van der Waals surface area contributed by atoms with E-state index in [1.165, 1.54) is 0 Å². The highest BCUT2D eigenvalue weighted by atomic mass is 15.3. The molecule has 0 aliphatic rings. The molecule has 2 aromatic heterocycles. The highest BCUT2D eigenvalue weighted by Crippen LogP contribution is 2.29. The summed E-state index contributed by atoms with van der Waals surface area (Å²) in [7, 11) is 2.01. The van der Waals surface area contributed by atoms with Crippen LogP contribution in [0.25, 0.3) is 16.7 Å². The SMILES string of the molecule is CN(c1ccccc1)c1nc2nncn2c2ccccc12. The lowest BCUT2D eigenvalue weighted by Crippen LogP contribution is -2.12. The molecular formula is C16H13N5. The predicted octanol–water partition coefficient (Wildman–Crippen LogP) is 3.05. The van der Waals surface area contributed by atoms with E-state index in [1.54, 1.807) is 6.33 Å². The van der Waals surface area contributed by atoms with Gasteiger partial charge in [0.1, 0.15) is 12.1 Å². The molecule has 0 aliphatic heterocycles. The van der Waals surface area contributed by atoms with Gasteiger partial charge in [-0.1, -0.05) is 30.3 Å². The molecule has 0 atom stereocenters. The van der Waals surface area contributed by atoms with Crippen LogP contribution in [0.5, 0.6) is 0 Å². The lowest BCUT2D eigenvalue weighted by Gasteiger charge is -2.20. The lowest BCUT2D eigenvalue weighted by atomic mass is 10.2. The summed E-state index contributed by atoms with van der Waals surface area (Å²) < 4.78 is 1.90. The van der Waals surface area contributed by atoms with E-state index in [9.17, 15) is 0 Å². The molecule has 0 unspecified atom stereocenters. The number of nitrogens with zero attached hydrogens (tertiary/aromatic N) is 5. The molecule has 0 spiro atoms. The molecule has 102 valence electrons. The van der Waals surface area contributed by atoms with Crippen LogP contribution in [-0.2, 0) is 0 Å². The monoisotopic (exact) mass is 275 g/mol. The first kappa shape index (κ1) is 11.8. The van der Waals surface area contributed by atoms with Gasteiger partial charge in [0.05, 0.1) is 5.52 Å². The summed E-state index contributed by atoms with van der Waals surface area (Å²) in [6.07, 6.45) is 1.69. The van der Waals surface area contributed by atoms with Crippen LogP contribution in [0.4, 0.5) is 11.5 Å². The quantitative estimate of drug-likeness (QED) is 0.564. The van der Waals surface area contributed by atoms with E-state index in [1.807, 2.05) is 41.8 Å². The van der Waals surface area contributed by atoms with E-state index in [4.69, 9.17) is 0 Å². The summed E-state index contributed by atoms with van der Waals surface area (Å²) in [5.74, 6) is 1.48. The van der Waals surface area contributed by atoms with Crippen molar-refractivity contribution >= 4 is 28.2 Å². The fraction of sp³-hybridized carbons (Fsp3) is 0.0625. The molecule has 4 rings (SSSR count). The Kier molecular flexibility index (Phi) is 2.57. The minimum absolute atomic E-state index is 0.603. The highest BCUT2D eigenvalue weighted by molar-refractivity contribution is 5.93. The van der Waals surface area contributed by atoms with Crippen LogP contribution in [0.3, 0.4) is 0 Å². The Labute approximate surface area is 121 Å². The van der Waals surface area contributed by atoms with Crippen LogP contribution in [0.2, 0.25) is 0 Å². The smallest absolute Gasteiger partial charge is 0.257 e. The van der Waals surface area contributed by atoms with E-state index in [-0.39, 0.29) is 0 Å². The van der Waals surface area contributed by atoms with Crippen molar-refractivity contribution in [1.29, 1.82) is 0 Å². The van der Waals surface area contributed by atoms with Gasteiger partial charge in [-0.3, -0.25) is 4.40 Å². The number of para-hydroxylation sites is 2. The topological polar surface area (TPSA) is 46.3 Å². The number of hydrogen-bond acceptors (Lipinski definition) is 4. The molecule has 0 fully saturated rings. The van der Waals surface area contributed by atoms with Crippen molar-refractivity contribution < 1.29 is 0 Å². The van der Waals surface area contributed by atoms with Crippen LogP contribution >= 0.6 is 0 Å². The summed E-state index contributed by atoms with van der Waals surface area (Å²) in [6.45, 7) is 0. The van der Waals surface area contributed by atoms with E-state index < -0.39 is 0 Å². The summed E-state index contributed by atoms with van der Waals surface area (Å²) in [6, 6.07) is 18.3. The van der Waals surface area contributed by atoms with E-state index in [2.05, 4.69) is 44.3 Å². The zero-order valence-corrected chi connectivity index (χ0v) is 11.5. The first-order valence-corrected chi connectivity index (χ1v) is 6.72. The highest BCUT2D eigenvalue weighted by Gasteiger charge is 2.13. The van der Waals surface area contributed by atoms with E-state index in [0.29, 0.717) is 5.78 Å². The van der Waals surface area contributed by atoms with Crippen molar-refractivity contribution in [3.63, 3.8) is 0 Å². The first-order chi connectivity index (χ1) is 10.3. The van der Waals surface area contributed by atoms with Crippen molar-refractivity contribution in [1.82, 2.24) is 19.6 Å². The fourth-order valence-electron chi connectivity index (χ4n) is 2.53. The van der Waals surface area contributed by atoms with Crippen LogP contribution in [0.15, 0.2) is 60.9 Å². The molecule has 0 aliphatic carbocycles. The Bertz CT molecular complexity index is 914. The van der Waals surface area contributed by atoms with E-state index >= 15 is 0 Å². The molecule has 5 heteroatoms. The second-order valence-electron chi connectivity index (χ2n) is 4.85. The van der Waals surface area contributed by atoms with Crippen LogP contribution < -0.4 is 4.90 Å². The Morgan fingerprint density at radius 2 is 1.71 bits per heavy atom. The van der Waals surface area contributed by atoms with Crippen LogP contribution in [0.1, 0.15) is 0 Å². The largest absolute Gasteiger partial charge is 0.329 e. The van der Waals surface area contributed by atoms with Crippen molar-refractivity contribution in [3.8, 4) is 0 Å². The third kappa shape index (κ3) is 1.82. The minimum atomic E-state index is 0.603. The van der Waals surface area contributed by atoms with Gasteiger partial charge in [0, 0.05) is 18.1 Å². The molecule has 4 aromatic rings. The average molecular weight is 275 g/mol. The second-order valence-corrected chi connectivity index (χ2v) is 4.85. The number of anilines is 2. The lowest BCUT2D eigenvalue weighted by molar-refractivity contribution is 1.08. The second kappa shape index (κ2) is 4.56. The number of aromatic nitrogens is 4. The zero-order chi connectivity index (χ0) is 14.2. The number of rotatable bonds is 2. The van der Waals surface area contributed by atoms with Gasteiger partial charge >= 0.3 is 0 Å². The molecule has 21 heavy (non-hydrogen) atoms. The summed E-state index contributed by atoms with van der Waals surface area (Å²) in [4.78, 5) is 6.72. The van der Waals surface area contributed by atoms with Gasteiger partial charge in [0.2, 0.25) is 0 Å². The molecule has 0 saturated heterocycles. The van der Waals surface area contributed by atoms with Crippen molar-refractivity contribution in [2.45, 2.75) is 0 Å². The Balaban J connectivity index is 2.02. The van der Waals surface area contributed by atoms with Crippen LogP contribution in [-0.4, -0.2) is 26.6 Å². The Hall–Kier alpha value is -2.95. The summed E-state index contributed by atoms with van der Waals surface area (Å²) >= 11 is 0. The summed E-state index contributed by atoms with van der Waals surface area (Å²) in [5, 5.41) is 9.10. The maximum absolute atomic E-state index is 4.65. The number of benzene rings is 2. The number of fused-ring (bicyclic) bond motifs is 3. The third-order valence-electron chi connectivity index (χ3n) is 3.60. The van der Waals surface area contributed by atoms with Crippen molar-refractivity contribution in [2.24, 2.45) is 0 Å². The van der Waals surface area contributed by atoms with Gasteiger partial charge in [0.15, 0.2) is 0 Å². The normalized spacial score (nSPS) is 11.1. The van der Waals surface area contributed by atoms with Crippen molar-refractivity contribution in [3.05, 3.63) is 60.9 Å². The zero-order valence-electron chi connectivity index (χ0n) is 11.5. The third-order valence-corrected chi connectivity index (χ3v) is 3.60. The van der Waals surface area contributed by atoms with E-state index in [0.717, 1.165) is 22.4 Å². The Morgan fingerprint density at radius 3 is 2.57 bits per heavy atom. The molecule has 2 heterocycles. The van der Waals surface area contributed by atoms with Gasteiger partial charge in [-0.2, -0.15) is 4.98 Å². The van der Waals surface area contributed by atoms with Gasteiger partial charge in [-0.05, 0) is 24.3 Å². The van der Waals surface area contributed by atoms with Gasteiger partial charge < -0.3 is 4.90 Å². The standard InChI is InChI=1S/C16H13N5/c1-20(12-7-3-2-4-8-12)15-13-9-5-6-10-14(13)21-11-17-19-16(21)18-15/h2-11H,1H3. The molecule has 0 radical (unpaired) electrons. The number of hydrogen-bond donors (Lipinski definition) is 0. The molecular weight excluding hydrogens is 262 g/mol. The Morgan fingerprint density at radius 1 is 0.952 bits per heavy atom. The average Bonchev–Trinajstić information content (AvgIpc) is 3.03. The molecule has 0 amide bonds. The molecule has 0 N–H and O–H groups in total. The molecule has 0 bridgehead atoms. The minimum Gasteiger partial charge on any atom is -0.329 e.